The molecule has 2 aliphatic heterocycles. The minimum absolute atomic E-state index is 0.0782. The Morgan fingerprint density at radius 2 is 1.78 bits per heavy atom. The van der Waals surface area contributed by atoms with E-state index < -0.39 is 5.54 Å². The van der Waals surface area contributed by atoms with E-state index in [1.807, 2.05) is 29.2 Å². The Morgan fingerprint density at radius 3 is 2.44 bits per heavy atom. The number of methoxy groups -OCH3 is 1. The molecule has 0 radical (unpaired) electrons. The summed E-state index contributed by atoms with van der Waals surface area (Å²) in [5.41, 5.74) is 2.96. The van der Waals surface area contributed by atoms with Gasteiger partial charge in [-0.3, -0.25) is 20.1 Å². The predicted octanol–water partition coefficient (Wildman–Crippen LogP) is 5.06. The van der Waals surface area contributed by atoms with Gasteiger partial charge in [0.2, 0.25) is 0 Å². The van der Waals surface area contributed by atoms with Crippen LogP contribution in [0.5, 0.6) is 5.75 Å². The second-order valence-corrected chi connectivity index (χ2v) is 10.6. The van der Waals surface area contributed by atoms with Crippen LogP contribution in [-0.2, 0) is 6.54 Å². The summed E-state index contributed by atoms with van der Waals surface area (Å²) in [4.78, 5) is 25.2. The largest absolute Gasteiger partial charge is 0.497 e. The van der Waals surface area contributed by atoms with Crippen LogP contribution in [0.3, 0.4) is 0 Å². The highest BCUT2D eigenvalue weighted by Crippen LogP contribution is 2.40. The van der Waals surface area contributed by atoms with Gasteiger partial charge in [-0.15, -0.1) is 0 Å². The van der Waals surface area contributed by atoms with Crippen molar-refractivity contribution in [3.63, 3.8) is 0 Å². The van der Waals surface area contributed by atoms with Crippen LogP contribution in [-0.4, -0.2) is 62.6 Å². The Bertz CT molecular complexity index is 1080. The summed E-state index contributed by atoms with van der Waals surface area (Å²) in [6.07, 6.45) is 7.67. The molecule has 0 unspecified atom stereocenters. The third-order valence-electron chi connectivity index (χ3n) is 8.04. The lowest BCUT2D eigenvalue weighted by molar-refractivity contribution is 0.184. The normalized spacial score (nSPS) is 21.7. The first kappa shape index (κ1) is 24.6. The van der Waals surface area contributed by atoms with Crippen molar-refractivity contribution in [2.75, 3.05) is 44.1 Å². The van der Waals surface area contributed by atoms with E-state index in [1.165, 1.54) is 30.5 Å². The van der Waals surface area contributed by atoms with Crippen LogP contribution in [0.15, 0.2) is 53.5 Å². The molecule has 2 aromatic carbocycles. The van der Waals surface area contributed by atoms with E-state index in [0.29, 0.717) is 6.04 Å². The van der Waals surface area contributed by atoms with Crippen molar-refractivity contribution in [3.8, 4) is 5.75 Å². The average molecular weight is 490 g/mol. The van der Waals surface area contributed by atoms with Crippen molar-refractivity contribution >= 4 is 23.2 Å². The number of ether oxygens (including phenoxy) is 1. The summed E-state index contributed by atoms with van der Waals surface area (Å²) in [6.45, 7) is 2.74. The molecule has 5 rings (SSSR count). The van der Waals surface area contributed by atoms with E-state index in [1.54, 1.807) is 7.11 Å². The van der Waals surface area contributed by atoms with Crippen molar-refractivity contribution in [2.45, 2.75) is 63.1 Å². The van der Waals surface area contributed by atoms with Crippen LogP contribution in [0, 0.1) is 0 Å². The lowest BCUT2D eigenvalue weighted by atomic mass is 9.84. The molecule has 2 saturated heterocycles. The highest BCUT2D eigenvalue weighted by atomic mass is 16.5. The third-order valence-corrected chi connectivity index (χ3v) is 8.04. The number of aliphatic imine (C=N–C) groups is 1. The van der Waals surface area contributed by atoms with Crippen molar-refractivity contribution in [3.05, 3.63) is 54.1 Å². The number of hydrogen-bond acceptors (Lipinski definition) is 5. The summed E-state index contributed by atoms with van der Waals surface area (Å²) < 4.78 is 5.48. The number of likely N-dealkylation sites (tertiary alicyclic amines) is 1. The second kappa shape index (κ2) is 10.5. The molecule has 1 saturated carbocycles. The first-order chi connectivity index (χ1) is 17.5. The van der Waals surface area contributed by atoms with Gasteiger partial charge < -0.3 is 9.64 Å². The monoisotopic (exact) mass is 489 g/mol. The van der Waals surface area contributed by atoms with Gasteiger partial charge >= 0.3 is 6.03 Å². The van der Waals surface area contributed by atoms with Gasteiger partial charge in [-0.2, -0.15) is 0 Å². The fourth-order valence-electron chi connectivity index (χ4n) is 5.93. The highest BCUT2D eigenvalue weighted by molar-refractivity contribution is 6.19. The Labute approximate surface area is 215 Å². The number of rotatable bonds is 6. The maximum atomic E-state index is 13.4. The van der Waals surface area contributed by atoms with Gasteiger partial charge in [0, 0.05) is 45.5 Å². The number of carbonyl (C=O) groups is 1. The van der Waals surface area contributed by atoms with E-state index >= 15 is 0 Å². The molecule has 0 aromatic heterocycles. The molecular formula is C29H39N5O2. The molecule has 1 aliphatic carbocycles. The Kier molecular flexibility index (Phi) is 7.19. The van der Waals surface area contributed by atoms with Gasteiger partial charge in [-0.1, -0.05) is 37.5 Å². The van der Waals surface area contributed by atoms with Crippen molar-refractivity contribution < 1.29 is 9.53 Å². The van der Waals surface area contributed by atoms with Crippen LogP contribution >= 0.6 is 0 Å². The first-order valence-corrected chi connectivity index (χ1v) is 13.3. The highest BCUT2D eigenvalue weighted by Gasteiger charge is 2.53. The third kappa shape index (κ3) is 4.94. The molecule has 2 aromatic rings. The fourth-order valence-corrected chi connectivity index (χ4v) is 5.93. The maximum Gasteiger partial charge on any atom is 0.328 e. The number of amidine groups is 1. The minimum atomic E-state index is -0.438. The van der Waals surface area contributed by atoms with Crippen LogP contribution in [0.25, 0.3) is 0 Å². The van der Waals surface area contributed by atoms with Crippen molar-refractivity contribution in [1.29, 1.82) is 0 Å². The molecule has 2 heterocycles. The van der Waals surface area contributed by atoms with Gasteiger partial charge in [0.15, 0.2) is 0 Å². The molecule has 2 amide bonds. The maximum absolute atomic E-state index is 13.4. The number of amides is 2. The Balaban J connectivity index is 1.40. The zero-order valence-electron chi connectivity index (χ0n) is 21.9. The van der Waals surface area contributed by atoms with E-state index in [0.717, 1.165) is 62.6 Å². The smallest absolute Gasteiger partial charge is 0.328 e. The summed E-state index contributed by atoms with van der Waals surface area (Å²) in [7, 11) is 5.80. The molecule has 1 spiro atoms. The van der Waals surface area contributed by atoms with Crippen molar-refractivity contribution in [2.24, 2.45) is 4.99 Å². The lowest BCUT2D eigenvalue weighted by Gasteiger charge is -2.44. The zero-order chi connectivity index (χ0) is 25.1. The van der Waals surface area contributed by atoms with Gasteiger partial charge in [0.05, 0.1) is 18.8 Å². The van der Waals surface area contributed by atoms with Crippen LogP contribution in [0.1, 0.15) is 50.5 Å². The van der Waals surface area contributed by atoms with Crippen LogP contribution in [0.2, 0.25) is 0 Å². The van der Waals surface area contributed by atoms with E-state index in [-0.39, 0.29) is 6.03 Å². The molecule has 3 aliphatic rings. The molecular weight excluding hydrogens is 450 g/mol. The number of piperidine rings is 1. The SMILES string of the molecule is COc1cccc(N2C(=O)NC(=NC3CCCCC3)C23CCN(Cc2ccc(N(C)C)cc2)CC3)c1. The summed E-state index contributed by atoms with van der Waals surface area (Å²) in [5, 5.41) is 3.20. The molecule has 0 atom stereocenters. The van der Waals surface area contributed by atoms with E-state index in [2.05, 4.69) is 53.5 Å². The molecule has 1 N–H and O–H groups in total. The molecule has 0 bridgehead atoms. The summed E-state index contributed by atoms with van der Waals surface area (Å²) >= 11 is 0. The first-order valence-electron chi connectivity index (χ1n) is 13.3. The number of anilines is 2. The van der Waals surface area contributed by atoms with Gasteiger partial charge in [0.25, 0.3) is 0 Å². The van der Waals surface area contributed by atoms with Crippen LogP contribution < -0.4 is 19.9 Å². The quantitative estimate of drug-likeness (QED) is 0.616. The average Bonchev–Trinajstić information content (AvgIpc) is 3.16. The minimum Gasteiger partial charge on any atom is -0.497 e. The standard InChI is InChI=1S/C29H39N5O2/c1-32(2)24-14-12-22(13-15-24)21-33-18-16-29(17-19-33)27(30-23-8-5-4-6-9-23)31-28(35)34(29)25-10-7-11-26(20-25)36-3/h7,10-15,20,23H,4-6,8-9,16-19,21H2,1-3H3,(H,30,31,35). The zero-order valence-corrected chi connectivity index (χ0v) is 21.9. The molecule has 3 fully saturated rings. The van der Waals surface area contributed by atoms with Gasteiger partial charge in [-0.25, -0.2) is 4.79 Å². The number of nitrogens with zero attached hydrogens (tertiary/aromatic N) is 4. The fraction of sp³-hybridized carbons (Fsp3) is 0.517. The molecule has 192 valence electrons. The molecule has 36 heavy (non-hydrogen) atoms. The topological polar surface area (TPSA) is 60.4 Å². The number of benzene rings is 2. The van der Waals surface area contributed by atoms with Gasteiger partial charge in [0.1, 0.15) is 17.1 Å². The van der Waals surface area contributed by atoms with E-state index in [4.69, 9.17) is 9.73 Å². The molecule has 7 heteroatoms. The lowest BCUT2D eigenvalue weighted by Crippen LogP contribution is -2.57. The number of urea groups is 1. The van der Waals surface area contributed by atoms with Gasteiger partial charge in [-0.05, 0) is 55.5 Å². The summed E-state index contributed by atoms with van der Waals surface area (Å²) in [5.74, 6) is 1.63. The Morgan fingerprint density at radius 1 is 1.06 bits per heavy atom. The number of hydrogen-bond donors (Lipinski definition) is 1. The predicted molar refractivity (Wildman–Crippen MR) is 146 cm³/mol. The second-order valence-electron chi connectivity index (χ2n) is 10.6. The number of nitrogens with one attached hydrogen (secondary N) is 1. The Hall–Kier alpha value is -3.06. The number of carbonyl (C=O) groups excluding carboxylic acids is 1. The summed E-state index contributed by atoms with van der Waals surface area (Å²) in [6, 6.07) is 16.9. The van der Waals surface area contributed by atoms with Crippen LogP contribution in [0.4, 0.5) is 16.2 Å². The molecule has 7 nitrogen and oxygen atoms in total. The van der Waals surface area contributed by atoms with Crippen molar-refractivity contribution in [1.82, 2.24) is 10.2 Å². The van der Waals surface area contributed by atoms with E-state index in [9.17, 15) is 4.79 Å².